The summed E-state index contributed by atoms with van der Waals surface area (Å²) < 4.78 is 39.4. The number of amides is 1. The topological polar surface area (TPSA) is 83.5 Å². The summed E-state index contributed by atoms with van der Waals surface area (Å²) >= 11 is 0. The lowest BCUT2D eigenvalue weighted by Gasteiger charge is -2.15. The van der Waals surface area contributed by atoms with E-state index in [4.69, 9.17) is 0 Å². The molecule has 1 saturated heterocycles. The number of nitrogens with one attached hydrogen (secondary N) is 1. The highest BCUT2D eigenvalue weighted by Gasteiger charge is 2.26. The van der Waals surface area contributed by atoms with Gasteiger partial charge in [0.1, 0.15) is 5.82 Å². The molecule has 29 heavy (non-hydrogen) atoms. The second kappa shape index (κ2) is 9.28. The third-order valence-electron chi connectivity index (χ3n) is 4.86. The normalized spacial score (nSPS) is 14.7. The Morgan fingerprint density at radius 2 is 1.55 bits per heavy atom. The molecule has 1 fully saturated rings. The largest absolute Gasteiger partial charge is 0.352 e. The summed E-state index contributed by atoms with van der Waals surface area (Å²) in [4.78, 5) is 24.2. The van der Waals surface area contributed by atoms with Gasteiger partial charge in [0.05, 0.1) is 4.90 Å². The summed E-state index contributed by atoms with van der Waals surface area (Å²) in [6.07, 6.45) is 1.82. The van der Waals surface area contributed by atoms with Gasteiger partial charge in [-0.1, -0.05) is 12.1 Å². The molecular weight excluding hydrogens is 395 g/mol. The molecule has 0 radical (unpaired) electrons. The minimum Gasteiger partial charge on any atom is -0.352 e. The van der Waals surface area contributed by atoms with Crippen molar-refractivity contribution in [2.24, 2.45) is 0 Å². The molecule has 0 unspecified atom stereocenters. The lowest BCUT2D eigenvalue weighted by Crippen LogP contribution is -2.28. The van der Waals surface area contributed by atoms with Crippen molar-refractivity contribution in [3.05, 3.63) is 65.5 Å². The van der Waals surface area contributed by atoms with Crippen LogP contribution in [0.5, 0.6) is 0 Å². The van der Waals surface area contributed by atoms with Crippen LogP contribution in [0, 0.1) is 5.82 Å². The van der Waals surface area contributed by atoms with Crippen LogP contribution in [-0.2, 0) is 21.4 Å². The van der Waals surface area contributed by atoms with Crippen LogP contribution in [0.3, 0.4) is 0 Å². The number of carbonyl (C=O) groups excluding carboxylic acids is 2. The molecule has 0 bridgehead atoms. The highest BCUT2D eigenvalue weighted by Crippen LogP contribution is 2.21. The van der Waals surface area contributed by atoms with Gasteiger partial charge in [-0.3, -0.25) is 9.59 Å². The van der Waals surface area contributed by atoms with Gasteiger partial charge in [-0.25, -0.2) is 12.8 Å². The van der Waals surface area contributed by atoms with Crippen LogP contribution in [0.15, 0.2) is 53.4 Å². The van der Waals surface area contributed by atoms with Crippen LogP contribution in [0.4, 0.5) is 4.39 Å². The number of halogens is 1. The summed E-state index contributed by atoms with van der Waals surface area (Å²) in [6, 6.07) is 11.7. The molecule has 1 heterocycles. The standard InChI is InChI=1S/C21H23FN2O4S/c22-18-7-5-17(6-8-18)20(25)11-12-21(26)23-15-16-3-9-19(10-4-16)29(27,28)24-13-1-2-14-24/h3-10H,1-2,11-15H2,(H,23,26). The first-order chi connectivity index (χ1) is 13.9. The Balaban J connectivity index is 1.47. The van der Waals surface area contributed by atoms with E-state index in [-0.39, 0.29) is 36.0 Å². The number of Topliss-reactive ketones (excluding diaryl/α,β-unsaturated/α-hetero) is 1. The molecule has 1 amide bonds. The van der Waals surface area contributed by atoms with E-state index >= 15 is 0 Å². The quantitative estimate of drug-likeness (QED) is 0.668. The first-order valence-electron chi connectivity index (χ1n) is 9.51. The fourth-order valence-corrected chi connectivity index (χ4v) is 4.67. The van der Waals surface area contributed by atoms with Crippen molar-refractivity contribution in [1.82, 2.24) is 9.62 Å². The number of rotatable bonds is 8. The number of sulfonamides is 1. The second-order valence-corrected chi connectivity index (χ2v) is 8.90. The van der Waals surface area contributed by atoms with Gasteiger partial charge in [0.25, 0.3) is 0 Å². The highest BCUT2D eigenvalue weighted by atomic mass is 32.2. The van der Waals surface area contributed by atoms with E-state index in [0.29, 0.717) is 18.7 Å². The van der Waals surface area contributed by atoms with Crippen molar-refractivity contribution < 1.29 is 22.4 Å². The van der Waals surface area contributed by atoms with Gasteiger partial charge in [-0.2, -0.15) is 4.31 Å². The predicted octanol–water partition coefficient (Wildman–Crippen LogP) is 2.89. The molecule has 8 heteroatoms. The monoisotopic (exact) mass is 418 g/mol. The average molecular weight is 418 g/mol. The maximum atomic E-state index is 12.9. The van der Waals surface area contributed by atoms with E-state index in [1.807, 2.05) is 0 Å². The van der Waals surface area contributed by atoms with E-state index in [0.717, 1.165) is 18.4 Å². The van der Waals surface area contributed by atoms with Crippen molar-refractivity contribution >= 4 is 21.7 Å². The maximum absolute atomic E-state index is 12.9. The van der Waals surface area contributed by atoms with Crippen molar-refractivity contribution in [3.63, 3.8) is 0 Å². The molecular formula is C21H23FN2O4S. The fourth-order valence-electron chi connectivity index (χ4n) is 3.15. The van der Waals surface area contributed by atoms with Crippen LogP contribution in [0.25, 0.3) is 0 Å². The van der Waals surface area contributed by atoms with Gasteiger partial charge in [-0.05, 0) is 54.8 Å². The van der Waals surface area contributed by atoms with Gasteiger partial charge in [0, 0.05) is 38.0 Å². The van der Waals surface area contributed by atoms with Crippen molar-refractivity contribution in [1.29, 1.82) is 0 Å². The van der Waals surface area contributed by atoms with E-state index in [2.05, 4.69) is 5.32 Å². The molecule has 0 aliphatic carbocycles. The molecule has 6 nitrogen and oxygen atoms in total. The zero-order chi connectivity index (χ0) is 20.9. The molecule has 0 atom stereocenters. The minimum absolute atomic E-state index is 0.0254. The lowest BCUT2D eigenvalue weighted by molar-refractivity contribution is -0.121. The molecule has 2 aromatic rings. The molecule has 1 aliphatic rings. The van der Waals surface area contributed by atoms with E-state index in [9.17, 15) is 22.4 Å². The Labute approximate surface area is 169 Å². The zero-order valence-electron chi connectivity index (χ0n) is 15.9. The molecule has 0 saturated carbocycles. The van der Waals surface area contributed by atoms with E-state index in [1.165, 1.54) is 28.6 Å². The summed E-state index contributed by atoms with van der Waals surface area (Å²) in [6.45, 7) is 1.35. The molecule has 2 aromatic carbocycles. The zero-order valence-corrected chi connectivity index (χ0v) is 16.8. The average Bonchev–Trinajstić information content (AvgIpc) is 3.27. The lowest BCUT2D eigenvalue weighted by atomic mass is 10.1. The van der Waals surface area contributed by atoms with Gasteiger partial charge in [-0.15, -0.1) is 0 Å². The molecule has 154 valence electrons. The van der Waals surface area contributed by atoms with Crippen LogP contribution in [0.1, 0.15) is 41.6 Å². The molecule has 1 aliphatic heterocycles. The minimum atomic E-state index is -3.45. The Bertz CT molecular complexity index is 967. The number of hydrogen-bond donors (Lipinski definition) is 1. The summed E-state index contributed by atoms with van der Waals surface area (Å²) in [5, 5.41) is 2.72. The van der Waals surface area contributed by atoms with Gasteiger partial charge in [0.2, 0.25) is 15.9 Å². The summed E-state index contributed by atoms with van der Waals surface area (Å²) in [7, 11) is -3.45. The molecule has 0 spiro atoms. The maximum Gasteiger partial charge on any atom is 0.243 e. The number of nitrogens with zero attached hydrogens (tertiary/aromatic N) is 1. The van der Waals surface area contributed by atoms with Crippen molar-refractivity contribution in [2.75, 3.05) is 13.1 Å². The SMILES string of the molecule is O=C(CCC(=O)c1ccc(F)cc1)NCc1ccc(S(=O)(=O)N2CCCC2)cc1. The first kappa shape index (κ1) is 21.1. The van der Waals surface area contributed by atoms with Gasteiger partial charge < -0.3 is 5.32 Å². The number of benzene rings is 2. The fraction of sp³-hybridized carbons (Fsp3) is 0.333. The smallest absolute Gasteiger partial charge is 0.243 e. The third-order valence-corrected chi connectivity index (χ3v) is 6.77. The second-order valence-electron chi connectivity index (χ2n) is 6.96. The van der Waals surface area contributed by atoms with E-state index in [1.54, 1.807) is 24.3 Å². The van der Waals surface area contributed by atoms with Gasteiger partial charge >= 0.3 is 0 Å². The highest BCUT2D eigenvalue weighted by molar-refractivity contribution is 7.89. The third kappa shape index (κ3) is 5.48. The number of hydrogen-bond acceptors (Lipinski definition) is 4. The molecule has 0 aromatic heterocycles. The van der Waals surface area contributed by atoms with Crippen molar-refractivity contribution in [2.45, 2.75) is 37.1 Å². The van der Waals surface area contributed by atoms with Crippen LogP contribution >= 0.6 is 0 Å². The Kier molecular flexibility index (Phi) is 6.76. The van der Waals surface area contributed by atoms with Crippen LogP contribution in [-0.4, -0.2) is 37.5 Å². The number of carbonyl (C=O) groups is 2. The molecule has 3 rings (SSSR count). The van der Waals surface area contributed by atoms with E-state index < -0.39 is 15.8 Å². The summed E-state index contributed by atoms with van der Waals surface area (Å²) in [5.41, 5.74) is 1.14. The number of ketones is 1. The summed E-state index contributed by atoms with van der Waals surface area (Å²) in [5.74, 6) is -0.926. The Morgan fingerprint density at radius 3 is 2.17 bits per heavy atom. The van der Waals surface area contributed by atoms with Crippen LogP contribution < -0.4 is 5.32 Å². The first-order valence-corrected chi connectivity index (χ1v) is 10.9. The molecule has 1 N–H and O–H groups in total. The van der Waals surface area contributed by atoms with Crippen LogP contribution in [0.2, 0.25) is 0 Å². The Hall–Kier alpha value is -2.58. The Morgan fingerprint density at radius 1 is 0.931 bits per heavy atom. The predicted molar refractivity (Wildman–Crippen MR) is 106 cm³/mol. The van der Waals surface area contributed by atoms with Gasteiger partial charge in [0.15, 0.2) is 5.78 Å². The van der Waals surface area contributed by atoms with Crippen molar-refractivity contribution in [3.8, 4) is 0 Å².